The molecule has 0 aromatic carbocycles. The molecule has 0 aliphatic rings. The number of fused-ring (bicyclic) bond motifs is 1. The Bertz CT molecular complexity index is 536. The van der Waals surface area contributed by atoms with Gasteiger partial charge in [0.05, 0.1) is 5.52 Å². The third-order valence-corrected chi connectivity index (χ3v) is 2.77. The van der Waals surface area contributed by atoms with Crippen molar-refractivity contribution in [3.63, 3.8) is 0 Å². The first-order valence-electron chi connectivity index (χ1n) is 5.63. The molecule has 2 aromatic heterocycles. The third kappa shape index (κ3) is 1.92. The van der Waals surface area contributed by atoms with Crippen molar-refractivity contribution in [3.05, 3.63) is 35.3 Å². The molecule has 0 saturated heterocycles. The summed E-state index contributed by atoms with van der Waals surface area (Å²) in [5.41, 5.74) is 4.37. The second kappa shape index (κ2) is 3.55. The Balaban J connectivity index is 2.71. The van der Waals surface area contributed by atoms with Gasteiger partial charge in [-0.15, -0.1) is 0 Å². The Hall–Kier alpha value is -1.44. The van der Waals surface area contributed by atoms with Gasteiger partial charge in [0.25, 0.3) is 0 Å². The number of hydrogen-bond acceptors (Lipinski definition) is 2. The van der Waals surface area contributed by atoms with E-state index in [0.717, 1.165) is 28.0 Å². The van der Waals surface area contributed by atoms with Gasteiger partial charge in [-0.1, -0.05) is 20.8 Å². The molecule has 16 heavy (non-hydrogen) atoms. The highest BCUT2D eigenvalue weighted by Gasteiger charge is 2.15. The Morgan fingerprint density at radius 3 is 2.31 bits per heavy atom. The first-order chi connectivity index (χ1) is 7.38. The number of aromatic nitrogens is 2. The van der Waals surface area contributed by atoms with Gasteiger partial charge in [0.15, 0.2) is 0 Å². The first kappa shape index (κ1) is 11.1. The van der Waals surface area contributed by atoms with Crippen LogP contribution in [0.15, 0.2) is 18.2 Å². The molecule has 2 aromatic rings. The molecule has 0 N–H and O–H groups in total. The SMILES string of the molecule is Cc1cc2nc(C(C)(C)C)ccc2c(C)n1. The van der Waals surface area contributed by atoms with Crippen LogP contribution in [0.3, 0.4) is 0 Å². The summed E-state index contributed by atoms with van der Waals surface area (Å²) in [5, 5.41) is 1.15. The summed E-state index contributed by atoms with van der Waals surface area (Å²) in [6.07, 6.45) is 0. The minimum Gasteiger partial charge on any atom is -0.258 e. The number of aryl methyl sites for hydroxylation is 2. The molecule has 2 heteroatoms. The highest BCUT2D eigenvalue weighted by molar-refractivity contribution is 5.81. The summed E-state index contributed by atoms with van der Waals surface area (Å²) in [4.78, 5) is 9.18. The summed E-state index contributed by atoms with van der Waals surface area (Å²) in [6.45, 7) is 10.6. The van der Waals surface area contributed by atoms with E-state index in [1.165, 1.54) is 0 Å². The fourth-order valence-corrected chi connectivity index (χ4v) is 1.86. The topological polar surface area (TPSA) is 25.8 Å². The quantitative estimate of drug-likeness (QED) is 0.670. The molecule has 2 rings (SSSR count). The van der Waals surface area contributed by atoms with Crippen molar-refractivity contribution in [2.75, 3.05) is 0 Å². The lowest BCUT2D eigenvalue weighted by atomic mass is 9.91. The van der Waals surface area contributed by atoms with Gasteiger partial charge in [-0.2, -0.15) is 0 Å². The van der Waals surface area contributed by atoms with Gasteiger partial charge in [0.2, 0.25) is 0 Å². The number of rotatable bonds is 0. The van der Waals surface area contributed by atoms with E-state index in [1.807, 2.05) is 13.8 Å². The Morgan fingerprint density at radius 1 is 1.00 bits per heavy atom. The Kier molecular flexibility index (Phi) is 2.45. The van der Waals surface area contributed by atoms with Crippen LogP contribution >= 0.6 is 0 Å². The summed E-state index contributed by atoms with van der Waals surface area (Å²) >= 11 is 0. The van der Waals surface area contributed by atoms with E-state index in [9.17, 15) is 0 Å². The first-order valence-corrected chi connectivity index (χ1v) is 5.63. The standard InChI is InChI=1S/C14H18N2/c1-9-8-12-11(10(2)15-9)6-7-13(16-12)14(3,4)5/h6-8H,1-5H3. The van der Waals surface area contributed by atoms with Gasteiger partial charge in [0.1, 0.15) is 0 Å². The highest BCUT2D eigenvalue weighted by Crippen LogP contribution is 2.24. The molecule has 0 atom stereocenters. The van der Waals surface area contributed by atoms with Crippen LogP contribution < -0.4 is 0 Å². The molecule has 84 valence electrons. The van der Waals surface area contributed by atoms with Gasteiger partial charge in [0, 0.05) is 27.9 Å². The molecule has 0 unspecified atom stereocenters. The summed E-state index contributed by atoms with van der Waals surface area (Å²) in [7, 11) is 0. The van der Waals surface area contributed by atoms with Crippen LogP contribution in [0, 0.1) is 13.8 Å². The van der Waals surface area contributed by atoms with Gasteiger partial charge in [-0.3, -0.25) is 9.97 Å². The largest absolute Gasteiger partial charge is 0.258 e. The van der Waals surface area contributed by atoms with E-state index in [-0.39, 0.29) is 5.41 Å². The van der Waals surface area contributed by atoms with Crippen LogP contribution in [0.4, 0.5) is 0 Å². The van der Waals surface area contributed by atoms with E-state index >= 15 is 0 Å². The van der Waals surface area contributed by atoms with Crippen molar-refractivity contribution in [3.8, 4) is 0 Å². The molecular formula is C14H18N2. The maximum absolute atomic E-state index is 4.73. The lowest BCUT2D eigenvalue weighted by molar-refractivity contribution is 0.571. The van der Waals surface area contributed by atoms with Crippen molar-refractivity contribution in [1.29, 1.82) is 0 Å². The van der Waals surface area contributed by atoms with Gasteiger partial charge in [-0.05, 0) is 32.0 Å². The molecule has 0 aliphatic carbocycles. The summed E-state index contributed by atoms with van der Waals surface area (Å²) in [6, 6.07) is 6.29. The molecule has 0 amide bonds. The van der Waals surface area contributed by atoms with E-state index in [1.54, 1.807) is 0 Å². The number of hydrogen-bond donors (Lipinski definition) is 0. The molecule has 2 nitrogen and oxygen atoms in total. The molecule has 2 heterocycles. The molecule has 0 aliphatic heterocycles. The fraction of sp³-hybridized carbons (Fsp3) is 0.429. The normalized spacial score (nSPS) is 12.1. The summed E-state index contributed by atoms with van der Waals surface area (Å²) < 4.78 is 0. The molecule has 0 saturated carbocycles. The smallest absolute Gasteiger partial charge is 0.0741 e. The van der Waals surface area contributed by atoms with E-state index < -0.39 is 0 Å². The lowest BCUT2D eigenvalue weighted by Gasteiger charge is -2.18. The highest BCUT2D eigenvalue weighted by atomic mass is 14.8. The van der Waals surface area contributed by atoms with Crippen molar-refractivity contribution >= 4 is 10.9 Å². The third-order valence-electron chi connectivity index (χ3n) is 2.77. The molecule has 0 radical (unpaired) electrons. The Labute approximate surface area is 96.7 Å². The average molecular weight is 214 g/mol. The molecule has 0 fully saturated rings. The zero-order valence-electron chi connectivity index (χ0n) is 10.6. The van der Waals surface area contributed by atoms with Crippen LogP contribution in [-0.2, 0) is 5.41 Å². The second-order valence-electron chi connectivity index (χ2n) is 5.36. The predicted molar refractivity (Wildman–Crippen MR) is 67.7 cm³/mol. The Morgan fingerprint density at radius 2 is 1.69 bits per heavy atom. The van der Waals surface area contributed by atoms with Crippen molar-refractivity contribution in [2.45, 2.75) is 40.0 Å². The van der Waals surface area contributed by atoms with Gasteiger partial charge in [-0.25, -0.2) is 0 Å². The molecule has 0 bridgehead atoms. The minimum absolute atomic E-state index is 0.0965. The molecule has 0 spiro atoms. The number of pyridine rings is 2. The van der Waals surface area contributed by atoms with Crippen molar-refractivity contribution < 1.29 is 0 Å². The van der Waals surface area contributed by atoms with Crippen LogP contribution in [0.1, 0.15) is 37.9 Å². The van der Waals surface area contributed by atoms with Gasteiger partial charge >= 0.3 is 0 Å². The number of nitrogens with zero attached hydrogens (tertiary/aromatic N) is 2. The van der Waals surface area contributed by atoms with Gasteiger partial charge < -0.3 is 0 Å². The maximum Gasteiger partial charge on any atom is 0.0741 e. The van der Waals surface area contributed by atoms with E-state index in [0.29, 0.717) is 0 Å². The van der Waals surface area contributed by atoms with Crippen LogP contribution in [0.2, 0.25) is 0 Å². The lowest BCUT2D eigenvalue weighted by Crippen LogP contribution is -2.13. The van der Waals surface area contributed by atoms with Crippen LogP contribution in [-0.4, -0.2) is 9.97 Å². The van der Waals surface area contributed by atoms with Crippen molar-refractivity contribution in [1.82, 2.24) is 9.97 Å². The van der Waals surface area contributed by atoms with Crippen LogP contribution in [0.5, 0.6) is 0 Å². The van der Waals surface area contributed by atoms with Crippen molar-refractivity contribution in [2.24, 2.45) is 0 Å². The predicted octanol–water partition coefficient (Wildman–Crippen LogP) is 3.54. The summed E-state index contributed by atoms with van der Waals surface area (Å²) in [5.74, 6) is 0. The van der Waals surface area contributed by atoms with E-state index in [4.69, 9.17) is 4.98 Å². The average Bonchev–Trinajstić information content (AvgIpc) is 2.15. The minimum atomic E-state index is 0.0965. The zero-order chi connectivity index (χ0) is 11.9. The monoisotopic (exact) mass is 214 g/mol. The fourth-order valence-electron chi connectivity index (χ4n) is 1.86. The molecular weight excluding hydrogens is 196 g/mol. The van der Waals surface area contributed by atoms with E-state index in [2.05, 4.69) is 44.0 Å². The van der Waals surface area contributed by atoms with Crippen LogP contribution in [0.25, 0.3) is 10.9 Å². The second-order valence-corrected chi connectivity index (χ2v) is 5.36. The maximum atomic E-state index is 4.73. The zero-order valence-corrected chi connectivity index (χ0v) is 10.6.